The Morgan fingerprint density at radius 2 is 1.84 bits per heavy atom. The van der Waals surface area contributed by atoms with Crippen LogP contribution in [0, 0.1) is 0 Å². The number of carbonyl (C=O) groups is 1. The lowest BCUT2D eigenvalue weighted by atomic mass is 10.2. The molecule has 5 N–H and O–H groups in total. The van der Waals surface area contributed by atoms with Gasteiger partial charge in [-0.25, -0.2) is 17.9 Å². The van der Waals surface area contributed by atoms with Crippen molar-refractivity contribution in [3.05, 3.63) is 23.8 Å². The van der Waals surface area contributed by atoms with E-state index in [0.717, 1.165) is 18.2 Å². The van der Waals surface area contributed by atoms with Crippen molar-refractivity contribution < 1.29 is 33.6 Å². The molecular formula is C10H13NO7S. The number of benzene rings is 1. The molecule has 106 valence electrons. The average Bonchev–Trinajstić information content (AvgIpc) is 2.35. The van der Waals surface area contributed by atoms with E-state index in [9.17, 15) is 18.3 Å². The second-order valence-electron chi connectivity index (χ2n) is 3.67. The first-order chi connectivity index (χ1) is 8.81. The summed E-state index contributed by atoms with van der Waals surface area (Å²) in [5.74, 6) is -2.04. The summed E-state index contributed by atoms with van der Waals surface area (Å²) in [6.45, 7) is -1.22. The Kier molecular flexibility index (Phi) is 4.84. The second-order valence-corrected chi connectivity index (χ2v) is 5.38. The van der Waals surface area contributed by atoms with E-state index in [1.54, 1.807) is 0 Å². The van der Waals surface area contributed by atoms with Gasteiger partial charge in [0.1, 0.15) is 11.3 Å². The molecular weight excluding hydrogens is 278 g/mol. The maximum atomic E-state index is 11.8. The second kappa shape index (κ2) is 5.97. The summed E-state index contributed by atoms with van der Waals surface area (Å²) >= 11 is 0. The number of aromatic carboxylic acids is 1. The summed E-state index contributed by atoms with van der Waals surface area (Å²) in [6, 6.07) is 1.64. The fourth-order valence-corrected chi connectivity index (χ4v) is 2.52. The molecule has 0 atom stereocenters. The molecule has 0 aliphatic carbocycles. The number of carboxylic acids is 1. The van der Waals surface area contributed by atoms with Gasteiger partial charge in [0.05, 0.1) is 24.2 Å². The molecule has 0 spiro atoms. The lowest BCUT2D eigenvalue weighted by Gasteiger charge is -2.14. The highest BCUT2D eigenvalue weighted by atomic mass is 32.2. The molecule has 0 aliphatic rings. The van der Waals surface area contributed by atoms with Crippen molar-refractivity contribution in [1.29, 1.82) is 0 Å². The van der Waals surface area contributed by atoms with Crippen molar-refractivity contribution in [3.63, 3.8) is 0 Å². The SMILES string of the molecule is O=C(O)c1cc(S(=O)(=O)NC(CO)CO)ccc1O. The van der Waals surface area contributed by atoms with Gasteiger partial charge in [-0.3, -0.25) is 0 Å². The van der Waals surface area contributed by atoms with Gasteiger partial charge in [-0.15, -0.1) is 0 Å². The number of hydrogen-bond donors (Lipinski definition) is 5. The van der Waals surface area contributed by atoms with Crippen LogP contribution < -0.4 is 4.72 Å². The minimum atomic E-state index is -4.10. The molecule has 0 fully saturated rings. The average molecular weight is 291 g/mol. The monoisotopic (exact) mass is 291 g/mol. The highest BCUT2D eigenvalue weighted by molar-refractivity contribution is 7.89. The van der Waals surface area contributed by atoms with Crippen molar-refractivity contribution in [2.75, 3.05) is 13.2 Å². The zero-order valence-corrected chi connectivity index (χ0v) is 10.5. The Morgan fingerprint density at radius 3 is 2.32 bits per heavy atom. The summed E-state index contributed by atoms with van der Waals surface area (Å²) in [4.78, 5) is 10.4. The summed E-state index contributed by atoms with van der Waals surface area (Å²) < 4.78 is 25.7. The normalized spacial score (nSPS) is 11.7. The largest absolute Gasteiger partial charge is 0.507 e. The molecule has 1 aromatic rings. The van der Waals surface area contributed by atoms with Gasteiger partial charge in [0.25, 0.3) is 0 Å². The van der Waals surface area contributed by atoms with E-state index in [1.165, 1.54) is 0 Å². The van der Waals surface area contributed by atoms with Gasteiger partial charge >= 0.3 is 5.97 Å². The molecule has 8 nitrogen and oxygen atoms in total. The van der Waals surface area contributed by atoms with Gasteiger partial charge in [0, 0.05) is 0 Å². The lowest BCUT2D eigenvalue weighted by Crippen LogP contribution is -2.40. The topological polar surface area (TPSA) is 144 Å². The van der Waals surface area contributed by atoms with Gasteiger partial charge in [-0.2, -0.15) is 0 Å². The highest BCUT2D eigenvalue weighted by Gasteiger charge is 2.21. The van der Waals surface area contributed by atoms with Crippen LogP contribution in [0.25, 0.3) is 0 Å². The smallest absolute Gasteiger partial charge is 0.339 e. The molecule has 9 heteroatoms. The van der Waals surface area contributed by atoms with Crippen LogP contribution in [0.2, 0.25) is 0 Å². The fourth-order valence-electron chi connectivity index (χ4n) is 1.27. The van der Waals surface area contributed by atoms with Gasteiger partial charge in [0.15, 0.2) is 0 Å². The van der Waals surface area contributed by atoms with E-state index in [-0.39, 0.29) is 0 Å². The van der Waals surface area contributed by atoms with Crippen molar-refractivity contribution in [3.8, 4) is 5.75 Å². The molecule has 19 heavy (non-hydrogen) atoms. The Hall–Kier alpha value is -1.68. The van der Waals surface area contributed by atoms with E-state index in [2.05, 4.69) is 0 Å². The zero-order valence-electron chi connectivity index (χ0n) is 9.65. The first-order valence-electron chi connectivity index (χ1n) is 5.12. The number of hydrogen-bond acceptors (Lipinski definition) is 6. The van der Waals surface area contributed by atoms with Crippen LogP contribution in [0.4, 0.5) is 0 Å². The van der Waals surface area contributed by atoms with Crippen LogP contribution >= 0.6 is 0 Å². The summed E-state index contributed by atoms with van der Waals surface area (Å²) in [5, 5.41) is 35.6. The molecule has 1 rings (SSSR count). The predicted octanol–water partition coefficient (Wildman–Crippen LogP) is -1.28. The first kappa shape index (κ1) is 15.4. The third-order valence-corrected chi connectivity index (χ3v) is 3.79. The number of aromatic hydroxyl groups is 1. The third kappa shape index (κ3) is 3.64. The molecule has 0 saturated heterocycles. The Balaban J connectivity index is 3.15. The van der Waals surface area contributed by atoms with Crippen LogP contribution in [0.5, 0.6) is 5.75 Å². The van der Waals surface area contributed by atoms with E-state index < -0.39 is 51.5 Å². The lowest BCUT2D eigenvalue weighted by molar-refractivity contribution is 0.0693. The van der Waals surface area contributed by atoms with Crippen LogP contribution in [0.3, 0.4) is 0 Å². The van der Waals surface area contributed by atoms with Crippen molar-refractivity contribution in [2.45, 2.75) is 10.9 Å². The van der Waals surface area contributed by atoms with E-state index >= 15 is 0 Å². The Bertz CT molecular complexity index is 565. The molecule has 0 unspecified atom stereocenters. The first-order valence-corrected chi connectivity index (χ1v) is 6.60. The molecule has 0 bridgehead atoms. The quantitative estimate of drug-likeness (QED) is 0.439. The Morgan fingerprint density at radius 1 is 1.26 bits per heavy atom. The van der Waals surface area contributed by atoms with Gasteiger partial charge in [-0.1, -0.05) is 0 Å². The molecule has 0 radical (unpaired) electrons. The summed E-state index contributed by atoms with van der Waals surface area (Å²) in [5.41, 5.74) is -0.563. The molecule has 1 aromatic carbocycles. The van der Waals surface area contributed by atoms with Crippen LogP contribution in [0.15, 0.2) is 23.1 Å². The van der Waals surface area contributed by atoms with E-state index in [1.807, 2.05) is 4.72 Å². The number of aliphatic hydroxyl groups excluding tert-OH is 2. The summed E-state index contributed by atoms with van der Waals surface area (Å²) in [7, 11) is -4.10. The van der Waals surface area contributed by atoms with Crippen molar-refractivity contribution >= 4 is 16.0 Å². The third-order valence-electron chi connectivity index (χ3n) is 2.27. The number of rotatable bonds is 6. The molecule has 0 saturated carbocycles. The van der Waals surface area contributed by atoms with Crippen molar-refractivity contribution in [1.82, 2.24) is 4.72 Å². The predicted molar refractivity (Wildman–Crippen MR) is 63.3 cm³/mol. The van der Waals surface area contributed by atoms with E-state index in [4.69, 9.17) is 15.3 Å². The molecule has 0 amide bonds. The minimum absolute atomic E-state index is 0.394. The zero-order chi connectivity index (χ0) is 14.6. The molecule has 0 aliphatic heterocycles. The summed E-state index contributed by atoms with van der Waals surface area (Å²) in [6.07, 6.45) is 0. The van der Waals surface area contributed by atoms with Crippen LogP contribution in [0.1, 0.15) is 10.4 Å². The van der Waals surface area contributed by atoms with Crippen molar-refractivity contribution in [2.24, 2.45) is 0 Å². The number of sulfonamides is 1. The maximum Gasteiger partial charge on any atom is 0.339 e. The van der Waals surface area contributed by atoms with Gasteiger partial charge in [-0.05, 0) is 18.2 Å². The van der Waals surface area contributed by atoms with Crippen LogP contribution in [-0.2, 0) is 10.0 Å². The van der Waals surface area contributed by atoms with Crippen LogP contribution in [-0.4, -0.2) is 54.1 Å². The fraction of sp³-hybridized carbons (Fsp3) is 0.300. The number of aliphatic hydroxyl groups is 2. The van der Waals surface area contributed by atoms with Gasteiger partial charge in [0.2, 0.25) is 10.0 Å². The Labute approximate surface area is 109 Å². The minimum Gasteiger partial charge on any atom is -0.507 e. The van der Waals surface area contributed by atoms with Gasteiger partial charge < -0.3 is 20.4 Å². The molecule has 0 aromatic heterocycles. The number of nitrogens with one attached hydrogen (secondary N) is 1. The highest BCUT2D eigenvalue weighted by Crippen LogP contribution is 2.21. The standard InChI is InChI=1S/C10H13NO7S/c12-4-6(5-13)11-19(17,18)7-1-2-9(14)8(3-7)10(15)16/h1-3,6,11-14H,4-5H2,(H,15,16). The number of phenols is 1. The molecule has 0 heterocycles. The number of carboxylic acid groups (broad SMARTS) is 1. The van der Waals surface area contributed by atoms with E-state index in [0.29, 0.717) is 0 Å². The maximum absolute atomic E-state index is 11.8.